The second-order valence-corrected chi connectivity index (χ2v) is 7.08. The molecule has 0 aliphatic heterocycles. The van der Waals surface area contributed by atoms with Crippen molar-refractivity contribution in [1.82, 2.24) is 0 Å². The van der Waals surface area contributed by atoms with E-state index in [-0.39, 0.29) is 34.9 Å². The van der Waals surface area contributed by atoms with Gasteiger partial charge < -0.3 is 5.32 Å². The van der Waals surface area contributed by atoms with Gasteiger partial charge in [-0.1, -0.05) is 12.1 Å². The fourth-order valence-corrected chi connectivity index (χ4v) is 4.98. The number of amides is 1. The number of nitrogens with one attached hydrogen (secondary N) is 1. The molecular formula is C17H18N2O4. The number of ketones is 1. The van der Waals surface area contributed by atoms with Gasteiger partial charge in [-0.2, -0.15) is 0 Å². The summed E-state index contributed by atoms with van der Waals surface area (Å²) in [5.41, 5.74) is 0.0236. The standard InChI is InChI=1S/C17H18N2O4/c20-16-12-7-9-5-10(12)8-11(6-9)15(16)17(21)18-13-3-1-2-4-14(13)19(22)23/h1-4,9-12,15H,5-8H2,(H,18,21). The van der Waals surface area contributed by atoms with Crippen LogP contribution in [-0.2, 0) is 9.59 Å². The number of anilines is 1. The molecule has 23 heavy (non-hydrogen) atoms. The Bertz CT molecular complexity index is 700. The number of carbonyl (C=O) groups excluding carboxylic acids is 2. The van der Waals surface area contributed by atoms with Gasteiger partial charge in [0, 0.05) is 12.0 Å². The normalized spacial score (nSPS) is 34.4. The number of nitro groups is 1. The van der Waals surface area contributed by atoms with Gasteiger partial charge in [-0.05, 0) is 49.5 Å². The number of Topliss-reactive ketones (excluding diaryl/α,β-unsaturated/α-hetero) is 1. The maximum atomic E-state index is 12.7. The predicted octanol–water partition coefficient (Wildman–Crippen LogP) is 2.78. The van der Waals surface area contributed by atoms with Crippen LogP contribution < -0.4 is 5.32 Å². The summed E-state index contributed by atoms with van der Waals surface area (Å²) in [5.74, 6) is 0.218. The first-order valence-electron chi connectivity index (χ1n) is 8.12. The zero-order valence-corrected chi connectivity index (χ0v) is 12.6. The third-order valence-corrected chi connectivity index (χ3v) is 5.82. The van der Waals surface area contributed by atoms with Crippen molar-refractivity contribution < 1.29 is 14.5 Å². The first-order chi connectivity index (χ1) is 11.0. The minimum absolute atomic E-state index is 0.0280. The molecule has 0 heterocycles. The fraction of sp³-hybridized carbons (Fsp3) is 0.529. The molecule has 1 aromatic carbocycles. The molecule has 1 aromatic rings. The Morgan fingerprint density at radius 3 is 2.65 bits per heavy atom. The summed E-state index contributed by atoms with van der Waals surface area (Å²) in [5, 5.41) is 13.7. The van der Waals surface area contributed by atoms with Crippen LogP contribution in [0.2, 0.25) is 0 Å². The van der Waals surface area contributed by atoms with Crippen molar-refractivity contribution >= 4 is 23.1 Å². The van der Waals surface area contributed by atoms with Crippen LogP contribution in [0.5, 0.6) is 0 Å². The molecule has 3 aliphatic carbocycles. The summed E-state index contributed by atoms with van der Waals surface area (Å²) in [6.45, 7) is 0. The first-order valence-corrected chi connectivity index (χ1v) is 8.12. The van der Waals surface area contributed by atoms with Crippen LogP contribution in [0, 0.1) is 39.7 Å². The average molecular weight is 314 g/mol. The summed E-state index contributed by atoms with van der Waals surface area (Å²) < 4.78 is 0. The van der Waals surface area contributed by atoms with E-state index >= 15 is 0 Å². The number of carbonyl (C=O) groups is 2. The SMILES string of the molecule is O=C(Nc1ccccc1[N+](=O)[O-])C1C(=O)C2CC3CC2CC1C3. The molecule has 1 amide bonds. The molecule has 0 radical (unpaired) electrons. The van der Waals surface area contributed by atoms with Crippen molar-refractivity contribution in [3.8, 4) is 0 Å². The lowest BCUT2D eigenvalue weighted by Crippen LogP contribution is -2.45. The molecule has 4 rings (SSSR count). The summed E-state index contributed by atoms with van der Waals surface area (Å²) in [6, 6.07) is 6.05. The highest BCUT2D eigenvalue weighted by Gasteiger charge is 2.55. The highest BCUT2D eigenvalue weighted by atomic mass is 16.6. The monoisotopic (exact) mass is 314 g/mol. The van der Waals surface area contributed by atoms with Crippen LogP contribution >= 0.6 is 0 Å². The van der Waals surface area contributed by atoms with Crippen LogP contribution in [0.4, 0.5) is 11.4 Å². The molecule has 3 bridgehead atoms. The quantitative estimate of drug-likeness (QED) is 0.528. The van der Waals surface area contributed by atoms with Crippen molar-refractivity contribution in [3.63, 3.8) is 0 Å². The lowest BCUT2D eigenvalue weighted by Gasteiger charge is -2.38. The van der Waals surface area contributed by atoms with Gasteiger partial charge in [0.15, 0.2) is 0 Å². The number of nitrogens with zero attached hydrogens (tertiary/aromatic N) is 1. The molecule has 0 saturated heterocycles. The summed E-state index contributed by atoms with van der Waals surface area (Å²) >= 11 is 0. The molecule has 0 aromatic heterocycles. The minimum Gasteiger partial charge on any atom is -0.320 e. The van der Waals surface area contributed by atoms with Crippen LogP contribution in [0.25, 0.3) is 0 Å². The maximum Gasteiger partial charge on any atom is 0.292 e. The Kier molecular flexibility index (Phi) is 3.21. The molecule has 5 unspecified atom stereocenters. The van der Waals surface area contributed by atoms with E-state index in [1.54, 1.807) is 12.1 Å². The van der Waals surface area contributed by atoms with E-state index in [4.69, 9.17) is 0 Å². The summed E-state index contributed by atoms with van der Waals surface area (Å²) in [4.78, 5) is 35.9. The highest BCUT2D eigenvalue weighted by Crippen LogP contribution is 2.55. The van der Waals surface area contributed by atoms with Gasteiger partial charge in [-0.3, -0.25) is 19.7 Å². The van der Waals surface area contributed by atoms with Crippen LogP contribution in [0.3, 0.4) is 0 Å². The van der Waals surface area contributed by atoms with E-state index in [0.717, 1.165) is 25.7 Å². The molecule has 6 nitrogen and oxygen atoms in total. The van der Waals surface area contributed by atoms with Crippen molar-refractivity contribution in [2.45, 2.75) is 25.7 Å². The van der Waals surface area contributed by atoms with Gasteiger partial charge in [-0.15, -0.1) is 0 Å². The summed E-state index contributed by atoms with van der Waals surface area (Å²) in [6.07, 6.45) is 3.94. The molecule has 3 aliphatic rings. The number of benzene rings is 1. The molecule has 3 saturated carbocycles. The lowest BCUT2D eigenvalue weighted by atomic mass is 9.65. The molecule has 3 fully saturated rings. The van der Waals surface area contributed by atoms with Gasteiger partial charge in [-0.25, -0.2) is 0 Å². The third-order valence-electron chi connectivity index (χ3n) is 5.82. The van der Waals surface area contributed by atoms with Gasteiger partial charge in [0.2, 0.25) is 5.91 Å². The Morgan fingerprint density at radius 2 is 1.87 bits per heavy atom. The zero-order valence-electron chi connectivity index (χ0n) is 12.6. The topological polar surface area (TPSA) is 89.3 Å². The van der Waals surface area contributed by atoms with Crippen molar-refractivity contribution in [1.29, 1.82) is 0 Å². The molecular weight excluding hydrogens is 296 g/mol. The number of nitro benzene ring substituents is 1. The Labute approximate surface area is 133 Å². The Balaban J connectivity index is 1.58. The maximum absolute atomic E-state index is 12.7. The molecule has 5 atom stereocenters. The van der Waals surface area contributed by atoms with Crippen LogP contribution in [0.1, 0.15) is 25.7 Å². The van der Waals surface area contributed by atoms with Crippen molar-refractivity contribution in [2.24, 2.45) is 29.6 Å². The van der Waals surface area contributed by atoms with E-state index < -0.39 is 10.8 Å². The van der Waals surface area contributed by atoms with Gasteiger partial charge in [0.25, 0.3) is 5.69 Å². The van der Waals surface area contributed by atoms with E-state index in [2.05, 4.69) is 5.32 Å². The van der Waals surface area contributed by atoms with E-state index in [0.29, 0.717) is 11.8 Å². The Hall–Kier alpha value is -2.24. The van der Waals surface area contributed by atoms with Gasteiger partial charge in [0.1, 0.15) is 11.5 Å². The highest BCUT2D eigenvalue weighted by molar-refractivity contribution is 6.09. The number of para-hydroxylation sites is 2. The molecule has 1 N–H and O–H groups in total. The zero-order chi connectivity index (χ0) is 16.1. The van der Waals surface area contributed by atoms with Crippen molar-refractivity contribution in [2.75, 3.05) is 5.32 Å². The fourth-order valence-electron chi connectivity index (χ4n) is 4.98. The van der Waals surface area contributed by atoms with Crippen LogP contribution in [0.15, 0.2) is 24.3 Å². The Morgan fingerprint density at radius 1 is 1.13 bits per heavy atom. The first kappa shape index (κ1) is 14.4. The van der Waals surface area contributed by atoms with Crippen molar-refractivity contribution in [3.05, 3.63) is 34.4 Å². The molecule has 120 valence electrons. The van der Waals surface area contributed by atoms with E-state index in [1.807, 2.05) is 0 Å². The minimum atomic E-state index is -0.638. The predicted molar refractivity (Wildman–Crippen MR) is 82.7 cm³/mol. The third kappa shape index (κ3) is 2.24. The van der Waals surface area contributed by atoms with E-state index in [9.17, 15) is 19.7 Å². The van der Waals surface area contributed by atoms with E-state index in [1.165, 1.54) is 12.1 Å². The lowest BCUT2D eigenvalue weighted by molar-refractivity contribution is -0.383. The van der Waals surface area contributed by atoms with Crippen LogP contribution in [-0.4, -0.2) is 16.6 Å². The number of fused-ring (bicyclic) bond motifs is 2. The van der Waals surface area contributed by atoms with Gasteiger partial charge >= 0.3 is 0 Å². The van der Waals surface area contributed by atoms with Gasteiger partial charge in [0.05, 0.1) is 10.8 Å². The number of rotatable bonds is 3. The average Bonchev–Trinajstić information content (AvgIpc) is 2.76. The number of hydrogen-bond donors (Lipinski definition) is 1. The molecule has 6 heteroatoms. The summed E-state index contributed by atoms with van der Waals surface area (Å²) in [7, 11) is 0. The molecule has 0 spiro atoms. The second kappa shape index (κ2) is 5.15. The number of hydrogen-bond acceptors (Lipinski definition) is 4. The second-order valence-electron chi connectivity index (χ2n) is 7.08. The largest absolute Gasteiger partial charge is 0.320 e. The smallest absolute Gasteiger partial charge is 0.292 e.